The van der Waals surface area contributed by atoms with E-state index in [-0.39, 0.29) is 37.6 Å². The molecule has 0 saturated heterocycles. The second kappa shape index (κ2) is 17.7. The molecule has 0 amide bonds. The fourth-order valence-electron chi connectivity index (χ4n) is 4.40. The van der Waals surface area contributed by atoms with Gasteiger partial charge in [-0.3, -0.25) is 0 Å². The number of aliphatic hydroxyl groups is 2. The van der Waals surface area contributed by atoms with E-state index in [2.05, 4.69) is 50.4 Å². The molecule has 0 aliphatic heterocycles. The molecule has 0 bridgehead atoms. The van der Waals surface area contributed by atoms with Crippen LogP contribution >= 0.6 is 0 Å². The van der Waals surface area contributed by atoms with Crippen LogP contribution in [0.1, 0.15) is 44.6 Å². The molecule has 0 spiro atoms. The van der Waals surface area contributed by atoms with Crippen LogP contribution in [0.15, 0.2) is 78.9 Å². The van der Waals surface area contributed by atoms with Gasteiger partial charge in [-0.2, -0.15) is 0 Å². The molecule has 3 aromatic rings. The quantitative estimate of drug-likeness (QED) is 0.1000. The van der Waals surface area contributed by atoms with Crippen LogP contribution in [0.5, 0.6) is 11.5 Å². The van der Waals surface area contributed by atoms with Gasteiger partial charge in [0.05, 0.1) is 24.4 Å². The molecule has 230 valence electrons. The van der Waals surface area contributed by atoms with E-state index in [4.69, 9.17) is 29.2 Å². The number of unbranched alkanes of at least 4 members (excludes halogenated alkanes) is 4. The molecule has 0 fully saturated rings. The Labute approximate surface area is 253 Å². The predicted molar refractivity (Wildman–Crippen MR) is 167 cm³/mol. The number of esters is 2. The summed E-state index contributed by atoms with van der Waals surface area (Å²) in [5.41, 5.74) is 3.41. The average molecular weight is 591 g/mol. The van der Waals surface area contributed by atoms with E-state index in [9.17, 15) is 9.59 Å². The summed E-state index contributed by atoms with van der Waals surface area (Å²) in [6.45, 7) is 8.28. The van der Waals surface area contributed by atoms with Crippen LogP contribution in [0.3, 0.4) is 0 Å². The summed E-state index contributed by atoms with van der Waals surface area (Å²) in [5, 5.41) is 19.8. The molecule has 0 saturated carbocycles. The Morgan fingerprint density at radius 1 is 0.698 bits per heavy atom. The Morgan fingerprint density at radius 2 is 1.30 bits per heavy atom. The van der Waals surface area contributed by atoms with Gasteiger partial charge in [0, 0.05) is 11.5 Å². The molecule has 8 nitrogen and oxygen atoms in total. The van der Waals surface area contributed by atoms with Crippen molar-refractivity contribution in [3.05, 3.63) is 84.5 Å². The van der Waals surface area contributed by atoms with Crippen molar-refractivity contribution in [3.8, 4) is 22.6 Å². The highest BCUT2D eigenvalue weighted by atomic mass is 16.6. The smallest absolute Gasteiger partial charge is 0.335 e. The van der Waals surface area contributed by atoms with Gasteiger partial charge < -0.3 is 29.2 Å². The van der Waals surface area contributed by atoms with Crippen molar-refractivity contribution in [1.82, 2.24) is 0 Å². The second-order valence-electron chi connectivity index (χ2n) is 10.2. The third kappa shape index (κ3) is 10.6. The summed E-state index contributed by atoms with van der Waals surface area (Å²) in [6.07, 6.45) is 7.37. The molecule has 0 atom stereocenters. The van der Waals surface area contributed by atoms with Crippen LogP contribution in [0.4, 0.5) is 0 Å². The topological polar surface area (TPSA) is 112 Å². The van der Waals surface area contributed by atoms with Crippen molar-refractivity contribution < 1.29 is 38.7 Å². The Bertz CT molecular complexity index is 1380. The molecule has 43 heavy (non-hydrogen) atoms. The Balaban J connectivity index is 1.74. The minimum Gasteiger partial charge on any atom is -0.490 e. The van der Waals surface area contributed by atoms with Crippen molar-refractivity contribution in [2.24, 2.45) is 0 Å². The molecule has 0 aliphatic rings. The molecule has 3 aromatic carbocycles. The van der Waals surface area contributed by atoms with Gasteiger partial charge in [0.2, 0.25) is 0 Å². The lowest BCUT2D eigenvalue weighted by atomic mass is 9.98. The number of fused-ring (bicyclic) bond motifs is 1. The largest absolute Gasteiger partial charge is 0.490 e. The number of aryl methyl sites for hydroxylation is 1. The zero-order chi connectivity index (χ0) is 31.0. The van der Waals surface area contributed by atoms with Gasteiger partial charge >= 0.3 is 11.9 Å². The van der Waals surface area contributed by atoms with Gasteiger partial charge in [0.1, 0.15) is 37.9 Å². The predicted octanol–water partition coefficient (Wildman–Crippen LogP) is 5.96. The number of carbonyl (C=O) groups is 2. The summed E-state index contributed by atoms with van der Waals surface area (Å²) < 4.78 is 22.0. The molecular weight excluding hydrogens is 548 g/mol. The molecule has 8 heteroatoms. The molecular formula is C35H42O8. The van der Waals surface area contributed by atoms with Crippen LogP contribution in [0.2, 0.25) is 0 Å². The number of rotatable bonds is 19. The lowest BCUT2D eigenvalue weighted by Gasteiger charge is -2.15. The molecule has 2 N–H and O–H groups in total. The number of hydrogen-bond donors (Lipinski definition) is 2. The number of carbonyl (C=O) groups excluding carboxylic acids is 2. The number of hydrogen-bond acceptors (Lipinski definition) is 8. The summed E-state index contributed by atoms with van der Waals surface area (Å²) >= 11 is 0. The van der Waals surface area contributed by atoms with Gasteiger partial charge in [-0.25, -0.2) is 9.59 Å². The fourth-order valence-corrected chi connectivity index (χ4v) is 4.40. The SMILES string of the molecule is C=C(CO)C(=O)OCCOc1cc(OCCOC(=O)C(=C)CO)c2ccc(-c3ccc(CCCCCCC)cc3)cc2c1. The highest BCUT2D eigenvalue weighted by molar-refractivity contribution is 5.93. The van der Waals surface area contributed by atoms with Crippen LogP contribution in [0, 0.1) is 0 Å². The minimum absolute atomic E-state index is 0.0260. The van der Waals surface area contributed by atoms with Crippen molar-refractivity contribution >= 4 is 22.7 Å². The highest BCUT2D eigenvalue weighted by Crippen LogP contribution is 2.34. The Morgan fingerprint density at radius 3 is 1.93 bits per heavy atom. The number of aliphatic hydroxyl groups excluding tert-OH is 2. The first-order valence-corrected chi connectivity index (χ1v) is 14.7. The standard InChI is InChI=1S/C35H42O8/c1-4-5-6-7-8-9-27-10-12-28(13-11-27)29-14-15-32-30(20-29)21-31(40-16-18-42-34(38)25(2)23-36)22-33(32)41-17-19-43-35(39)26(3)24-37/h10-15,20-22,36-37H,2-9,16-19,23-24H2,1H3. The monoisotopic (exact) mass is 590 g/mol. The Hall–Kier alpha value is -4.14. The molecule has 3 rings (SSSR count). The van der Waals surface area contributed by atoms with Gasteiger partial charge in [0.15, 0.2) is 0 Å². The summed E-state index contributed by atoms with van der Waals surface area (Å²) in [4.78, 5) is 23.5. The van der Waals surface area contributed by atoms with Crippen LogP contribution in [-0.2, 0) is 25.5 Å². The molecule has 0 unspecified atom stereocenters. The average Bonchev–Trinajstić information content (AvgIpc) is 3.03. The first-order valence-electron chi connectivity index (χ1n) is 14.7. The zero-order valence-electron chi connectivity index (χ0n) is 24.9. The van der Waals surface area contributed by atoms with Gasteiger partial charge in [0.25, 0.3) is 0 Å². The molecule has 0 aromatic heterocycles. The first-order chi connectivity index (χ1) is 20.9. The van der Waals surface area contributed by atoms with E-state index in [1.54, 1.807) is 6.07 Å². The molecule has 0 heterocycles. The van der Waals surface area contributed by atoms with Crippen LogP contribution in [-0.4, -0.2) is 61.8 Å². The van der Waals surface area contributed by atoms with E-state index in [0.29, 0.717) is 11.5 Å². The van der Waals surface area contributed by atoms with Gasteiger partial charge in [-0.05, 0) is 47.1 Å². The normalized spacial score (nSPS) is 10.8. The second-order valence-corrected chi connectivity index (χ2v) is 10.2. The molecule has 0 radical (unpaired) electrons. The van der Waals surface area contributed by atoms with E-state index in [1.807, 2.05) is 18.2 Å². The minimum atomic E-state index is -0.682. The van der Waals surface area contributed by atoms with Crippen LogP contribution in [0.25, 0.3) is 21.9 Å². The van der Waals surface area contributed by atoms with E-state index in [1.165, 1.54) is 37.7 Å². The summed E-state index contributed by atoms with van der Waals surface area (Å²) in [6, 6.07) is 18.3. The Kier molecular flexibility index (Phi) is 13.8. The van der Waals surface area contributed by atoms with E-state index >= 15 is 0 Å². The van der Waals surface area contributed by atoms with Gasteiger partial charge in [-0.1, -0.05) is 82.2 Å². The number of benzene rings is 3. The zero-order valence-corrected chi connectivity index (χ0v) is 24.9. The third-order valence-electron chi connectivity index (χ3n) is 6.86. The molecule has 0 aliphatic carbocycles. The summed E-state index contributed by atoms with van der Waals surface area (Å²) in [5.74, 6) is -0.334. The van der Waals surface area contributed by atoms with Crippen molar-refractivity contribution in [1.29, 1.82) is 0 Å². The maximum absolute atomic E-state index is 11.8. The third-order valence-corrected chi connectivity index (χ3v) is 6.86. The van der Waals surface area contributed by atoms with Crippen molar-refractivity contribution in [2.45, 2.75) is 45.4 Å². The highest BCUT2D eigenvalue weighted by Gasteiger charge is 2.12. The maximum atomic E-state index is 11.8. The number of ether oxygens (including phenoxy) is 4. The maximum Gasteiger partial charge on any atom is 0.335 e. The lowest BCUT2D eigenvalue weighted by Crippen LogP contribution is -2.15. The van der Waals surface area contributed by atoms with Crippen molar-refractivity contribution in [3.63, 3.8) is 0 Å². The van der Waals surface area contributed by atoms with Crippen LogP contribution < -0.4 is 9.47 Å². The summed E-state index contributed by atoms with van der Waals surface area (Å²) in [7, 11) is 0. The fraction of sp³-hybridized carbons (Fsp3) is 0.371. The van der Waals surface area contributed by atoms with Crippen molar-refractivity contribution in [2.75, 3.05) is 39.6 Å². The van der Waals surface area contributed by atoms with E-state index < -0.39 is 25.2 Å². The first kappa shape index (κ1) is 33.4. The van der Waals surface area contributed by atoms with E-state index in [0.717, 1.165) is 28.3 Å². The lowest BCUT2D eigenvalue weighted by molar-refractivity contribution is -0.141. The van der Waals surface area contributed by atoms with Gasteiger partial charge in [-0.15, -0.1) is 0 Å².